The first-order valence-corrected chi connectivity index (χ1v) is 7.92. The Morgan fingerprint density at radius 1 is 1.24 bits per heavy atom. The summed E-state index contributed by atoms with van der Waals surface area (Å²) in [4.78, 5) is 2.37. The third-order valence-corrected chi connectivity index (χ3v) is 4.25. The van der Waals surface area contributed by atoms with E-state index in [9.17, 15) is 8.78 Å². The van der Waals surface area contributed by atoms with Gasteiger partial charge in [0.2, 0.25) is 0 Å². The fraction of sp³-hybridized carbons (Fsp3) is 0.647. The van der Waals surface area contributed by atoms with E-state index in [1.165, 1.54) is 12.1 Å². The van der Waals surface area contributed by atoms with Gasteiger partial charge in [-0.05, 0) is 30.0 Å². The molecule has 2 nitrogen and oxygen atoms in total. The van der Waals surface area contributed by atoms with E-state index < -0.39 is 11.6 Å². The Bertz CT molecular complexity index is 442. The van der Waals surface area contributed by atoms with Gasteiger partial charge in [0.25, 0.3) is 0 Å². The highest BCUT2D eigenvalue weighted by Gasteiger charge is 2.29. The molecule has 0 amide bonds. The van der Waals surface area contributed by atoms with Crippen molar-refractivity contribution < 1.29 is 8.78 Å². The monoisotopic (exact) mass is 296 g/mol. The SMILES string of the molecule is CCCC1CN(Cc2cc(F)cc(F)c2)C(C(C)C)CN1. The Labute approximate surface area is 126 Å². The first-order valence-electron chi connectivity index (χ1n) is 7.92. The third-order valence-electron chi connectivity index (χ3n) is 4.25. The molecule has 1 aromatic carbocycles. The molecule has 1 aromatic rings. The molecule has 1 saturated heterocycles. The van der Waals surface area contributed by atoms with Crippen molar-refractivity contribution in [2.45, 2.75) is 52.2 Å². The largest absolute Gasteiger partial charge is 0.311 e. The molecule has 1 heterocycles. The van der Waals surface area contributed by atoms with E-state index in [1.807, 2.05) is 0 Å². The van der Waals surface area contributed by atoms with Gasteiger partial charge in [0.15, 0.2) is 0 Å². The summed E-state index contributed by atoms with van der Waals surface area (Å²) in [5, 5.41) is 3.60. The number of nitrogens with zero attached hydrogens (tertiary/aromatic N) is 1. The second-order valence-corrected chi connectivity index (χ2v) is 6.41. The summed E-state index contributed by atoms with van der Waals surface area (Å²) in [5.74, 6) is -0.476. The third kappa shape index (κ3) is 4.48. The number of nitrogens with one attached hydrogen (secondary N) is 1. The average Bonchev–Trinajstić information content (AvgIpc) is 2.37. The standard InChI is InChI=1S/C17H26F2N2/c1-4-5-16-11-21(17(9-20-16)12(2)3)10-13-6-14(18)8-15(19)7-13/h6-8,12,16-17,20H,4-5,9-11H2,1-3H3. The van der Waals surface area contributed by atoms with Crippen LogP contribution in [0.5, 0.6) is 0 Å². The topological polar surface area (TPSA) is 15.3 Å². The Morgan fingerprint density at radius 3 is 2.48 bits per heavy atom. The summed E-state index contributed by atoms with van der Waals surface area (Å²) in [6.45, 7) is 9.08. The zero-order chi connectivity index (χ0) is 15.4. The van der Waals surface area contributed by atoms with Crippen LogP contribution in [0.2, 0.25) is 0 Å². The minimum atomic E-state index is -0.494. The van der Waals surface area contributed by atoms with Crippen LogP contribution in [0.4, 0.5) is 8.78 Å². The van der Waals surface area contributed by atoms with Crippen molar-refractivity contribution in [3.05, 3.63) is 35.4 Å². The van der Waals surface area contributed by atoms with Gasteiger partial charge >= 0.3 is 0 Å². The maximum Gasteiger partial charge on any atom is 0.126 e. The van der Waals surface area contributed by atoms with Crippen LogP contribution in [0.1, 0.15) is 39.2 Å². The Hall–Kier alpha value is -1.00. The van der Waals surface area contributed by atoms with E-state index in [4.69, 9.17) is 0 Å². The number of halogens is 2. The van der Waals surface area contributed by atoms with Crippen molar-refractivity contribution >= 4 is 0 Å². The van der Waals surface area contributed by atoms with Gasteiger partial charge in [-0.3, -0.25) is 4.90 Å². The zero-order valence-electron chi connectivity index (χ0n) is 13.2. The van der Waals surface area contributed by atoms with Gasteiger partial charge in [-0.1, -0.05) is 27.2 Å². The second kappa shape index (κ2) is 7.32. The maximum atomic E-state index is 13.4. The van der Waals surface area contributed by atoms with Gasteiger partial charge in [-0.15, -0.1) is 0 Å². The number of piperazine rings is 1. The summed E-state index contributed by atoms with van der Waals surface area (Å²) in [5.41, 5.74) is 0.718. The molecule has 0 aromatic heterocycles. The minimum Gasteiger partial charge on any atom is -0.311 e. The number of rotatable bonds is 5. The van der Waals surface area contributed by atoms with Gasteiger partial charge in [0.1, 0.15) is 11.6 Å². The van der Waals surface area contributed by atoms with Crippen LogP contribution in [0.3, 0.4) is 0 Å². The lowest BCUT2D eigenvalue weighted by atomic mass is 9.96. The van der Waals surface area contributed by atoms with Crippen molar-refractivity contribution in [2.24, 2.45) is 5.92 Å². The van der Waals surface area contributed by atoms with Crippen molar-refractivity contribution in [1.82, 2.24) is 10.2 Å². The average molecular weight is 296 g/mol. The van der Waals surface area contributed by atoms with Crippen LogP contribution >= 0.6 is 0 Å². The second-order valence-electron chi connectivity index (χ2n) is 6.41. The van der Waals surface area contributed by atoms with E-state index in [2.05, 4.69) is 31.0 Å². The summed E-state index contributed by atoms with van der Waals surface area (Å²) >= 11 is 0. The fourth-order valence-electron chi connectivity index (χ4n) is 3.22. The molecule has 2 rings (SSSR count). The first kappa shape index (κ1) is 16.4. The van der Waals surface area contributed by atoms with Crippen LogP contribution < -0.4 is 5.32 Å². The highest BCUT2D eigenvalue weighted by atomic mass is 19.1. The van der Waals surface area contributed by atoms with Crippen LogP contribution in [0, 0.1) is 17.6 Å². The van der Waals surface area contributed by atoms with E-state index in [-0.39, 0.29) is 0 Å². The number of hydrogen-bond donors (Lipinski definition) is 1. The predicted molar refractivity (Wildman–Crippen MR) is 82.1 cm³/mol. The molecule has 0 radical (unpaired) electrons. The molecular weight excluding hydrogens is 270 g/mol. The van der Waals surface area contributed by atoms with Gasteiger partial charge in [-0.25, -0.2) is 8.78 Å². The van der Waals surface area contributed by atoms with E-state index in [0.29, 0.717) is 24.5 Å². The molecule has 21 heavy (non-hydrogen) atoms. The van der Waals surface area contributed by atoms with Crippen LogP contribution in [0.15, 0.2) is 18.2 Å². The van der Waals surface area contributed by atoms with Gasteiger partial charge < -0.3 is 5.32 Å². The van der Waals surface area contributed by atoms with E-state index in [1.54, 1.807) is 0 Å². The molecule has 2 atom stereocenters. The Morgan fingerprint density at radius 2 is 1.90 bits per heavy atom. The Kier molecular flexibility index (Phi) is 5.71. The molecular formula is C17H26F2N2. The van der Waals surface area contributed by atoms with Crippen molar-refractivity contribution in [2.75, 3.05) is 13.1 Å². The molecule has 2 unspecified atom stereocenters. The smallest absolute Gasteiger partial charge is 0.126 e. The lowest BCUT2D eigenvalue weighted by Crippen LogP contribution is -2.57. The molecule has 0 saturated carbocycles. The van der Waals surface area contributed by atoms with Gasteiger partial charge in [-0.2, -0.15) is 0 Å². The molecule has 0 spiro atoms. The zero-order valence-corrected chi connectivity index (χ0v) is 13.2. The Balaban J connectivity index is 2.11. The molecule has 0 bridgehead atoms. The predicted octanol–water partition coefficient (Wildman–Crippen LogP) is 3.56. The maximum absolute atomic E-state index is 13.4. The molecule has 4 heteroatoms. The molecule has 1 N–H and O–H groups in total. The summed E-state index contributed by atoms with van der Waals surface area (Å²) in [6.07, 6.45) is 2.28. The molecule has 1 aliphatic heterocycles. The molecule has 118 valence electrons. The van der Waals surface area contributed by atoms with Crippen LogP contribution in [-0.4, -0.2) is 30.1 Å². The molecule has 1 fully saturated rings. The first-order chi connectivity index (χ1) is 9.99. The van der Waals surface area contributed by atoms with Crippen LogP contribution in [-0.2, 0) is 6.54 Å². The lowest BCUT2D eigenvalue weighted by Gasteiger charge is -2.42. The highest BCUT2D eigenvalue weighted by Crippen LogP contribution is 2.20. The van der Waals surface area contributed by atoms with E-state index in [0.717, 1.165) is 37.6 Å². The molecule has 1 aliphatic rings. The molecule has 0 aliphatic carbocycles. The van der Waals surface area contributed by atoms with Crippen molar-refractivity contribution in [3.8, 4) is 0 Å². The highest BCUT2D eigenvalue weighted by molar-refractivity contribution is 5.18. The fourth-order valence-corrected chi connectivity index (χ4v) is 3.22. The lowest BCUT2D eigenvalue weighted by molar-refractivity contribution is 0.0883. The van der Waals surface area contributed by atoms with Crippen LogP contribution in [0.25, 0.3) is 0 Å². The van der Waals surface area contributed by atoms with Gasteiger partial charge in [0, 0.05) is 37.8 Å². The van der Waals surface area contributed by atoms with Crippen molar-refractivity contribution in [1.29, 1.82) is 0 Å². The number of hydrogen-bond acceptors (Lipinski definition) is 2. The summed E-state index contributed by atoms with van der Waals surface area (Å²) < 4.78 is 26.7. The normalized spacial score (nSPS) is 23.7. The minimum absolute atomic E-state index is 0.407. The van der Waals surface area contributed by atoms with Gasteiger partial charge in [0.05, 0.1) is 0 Å². The summed E-state index contributed by atoms with van der Waals surface area (Å²) in [6, 6.07) is 4.70. The van der Waals surface area contributed by atoms with E-state index >= 15 is 0 Å². The van der Waals surface area contributed by atoms with Crippen molar-refractivity contribution in [3.63, 3.8) is 0 Å². The quantitative estimate of drug-likeness (QED) is 0.893. The summed E-state index contributed by atoms with van der Waals surface area (Å²) in [7, 11) is 0. The number of benzene rings is 1.